The molecule has 0 spiro atoms. The van der Waals surface area contributed by atoms with Gasteiger partial charge in [-0.1, -0.05) is 25.7 Å². The van der Waals surface area contributed by atoms with E-state index in [1.807, 2.05) is 0 Å². The van der Waals surface area contributed by atoms with Crippen LogP contribution in [-0.4, -0.2) is 35.0 Å². The topological polar surface area (TPSA) is 57.6 Å². The summed E-state index contributed by atoms with van der Waals surface area (Å²) in [6.45, 7) is 0.740. The van der Waals surface area contributed by atoms with Gasteiger partial charge in [0.25, 0.3) is 0 Å². The second-order valence-electron chi connectivity index (χ2n) is 6.77. The minimum absolute atomic E-state index is 0.0348. The van der Waals surface area contributed by atoms with Crippen LogP contribution in [0.25, 0.3) is 0 Å². The first-order valence-electron chi connectivity index (χ1n) is 8.18. The molecule has 4 unspecified atom stereocenters. The Hall–Kier alpha value is -0.900. The van der Waals surface area contributed by atoms with Crippen molar-refractivity contribution < 1.29 is 14.7 Å². The smallest absolute Gasteiger partial charge is 0.233 e. The third-order valence-corrected chi connectivity index (χ3v) is 5.65. The number of imide groups is 1. The van der Waals surface area contributed by atoms with Crippen molar-refractivity contribution in [2.45, 2.75) is 51.4 Å². The molecule has 3 aliphatic rings. The molecule has 0 aromatic heterocycles. The highest BCUT2D eigenvalue weighted by Gasteiger charge is 2.48. The lowest BCUT2D eigenvalue weighted by Crippen LogP contribution is -2.39. The van der Waals surface area contributed by atoms with Crippen molar-refractivity contribution in [3.63, 3.8) is 0 Å². The molecule has 1 heterocycles. The molecule has 3 rings (SSSR count). The highest BCUT2D eigenvalue weighted by molar-refractivity contribution is 6.05. The van der Waals surface area contributed by atoms with Gasteiger partial charge in [0, 0.05) is 13.2 Å². The summed E-state index contributed by atoms with van der Waals surface area (Å²) in [7, 11) is 0. The van der Waals surface area contributed by atoms with E-state index < -0.39 is 0 Å². The average Bonchev–Trinajstić information content (AvgIpc) is 2.73. The summed E-state index contributed by atoms with van der Waals surface area (Å²) in [6, 6.07) is 0. The van der Waals surface area contributed by atoms with Gasteiger partial charge in [0.2, 0.25) is 11.8 Å². The summed E-state index contributed by atoms with van der Waals surface area (Å²) in [5.74, 6) is 0.651. The van der Waals surface area contributed by atoms with Crippen LogP contribution in [0.15, 0.2) is 0 Å². The van der Waals surface area contributed by atoms with Gasteiger partial charge in [0.15, 0.2) is 0 Å². The molecule has 2 amide bonds. The van der Waals surface area contributed by atoms with Gasteiger partial charge in [-0.2, -0.15) is 0 Å². The van der Waals surface area contributed by atoms with E-state index in [4.69, 9.17) is 0 Å². The third-order valence-electron chi connectivity index (χ3n) is 5.65. The zero-order valence-corrected chi connectivity index (χ0v) is 12.1. The molecular formula is C16H25NO3. The molecule has 0 radical (unpaired) electrons. The summed E-state index contributed by atoms with van der Waals surface area (Å²) >= 11 is 0. The number of nitrogens with zero attached hydrogens (tertiary/aromatic N) is 1. The maximum Gasteiger partial charge on any atom is 0.233 e. The fraction of sp³-hybridized carbons (Fsp3) is 0.875. The molecule has 3 fully saturated rings. The Morgan fingerprint density at radius 3 is 1.90 bits per heavy atom. The monoisotopic (exact) mass is 279 g/mol. The number of aliphatic hydroxyl groups is 1. The Morgan fingerprint density at radius 1 is 0.850 bits per heavy atom. The normalized spacial score (nSPS) is 38.1. The highest BCUT2D eigenvalue weighted by Crippen LogP contribution is 2.39. The summed E-state index contributed by atoms with van der Waals surface area (Å²) in [5, 5.41) is 9.49. The first-order chi connectivity index (χ1) is 9.72. The van der Waals surface area contributed by atoms with E-state index in [1.54, 1.807) is 4.90 Å². The predicted octanol–water partition coefficient (Wildman–Crippen LogP) is 1.96. The summed E-state index contributed by atoms with van der Waals surface area (Å²) in [4.78, 5) is 26.5. The SMILES string of the molecule is O=C1C2CCCCC2C(=O)N1CC1CCCCC1CO. The lowest BCUT2D eigenvalue weighted by molar-refractivity contribution is -0.141. The Kier molecular flexibility index (Phi) is 4.11. The molecule has 2 aliphatic carbocycles. The van der Waals surface area contributed by atoms with Crippen LogP contribution in [-0.2, 0) is 9.59 Å². The minimum Gasteiger partial charge on any atom is -0.396 e. The molecule has 4 nitrogen and oxygen atoms in total. The first kappa shape index (κ1) is 14.1. The molecule has 1 N–H and O–H groups in total. The van der Waals surface area contributed by atoms with E-state index >= 15 is 0 Å². The van der Waals surface area contributed by atoms with Crippen LogP contribution in [0.4, 0.5) is 0 Å². The van der Waals surface area contributed by atoms with E-state index in [-0.39, 0.29) is 36.2 Å². The number of aliphatic hydroxyl groups excluding tert-OH is 1. The van der Waals surface area contributed by atoms with Crippen molar-refractivity contribution >= 4 is 11.8 Å². The zero-order valence-electron chi connectivity index (χ0n) is 12.1. The van der Waals surface area contributed by atoms with Gasteiger partial charge in [-0.05, 0) is 37.5 Å². The standard InChI is InChI=1S/C16H25NO3/c18-10-12-6-2-1-5-11(12)9-17-15(19)13-7-3-4-8-14(13)16(17)20/h11-14,18H,1-10H2. The van der Waals surface area contributed by atoms with Crippen LogP contribution in [0, 0.1) is 23.7 Å². The Labute approximate surface area is 120 Å². The van der Waals surface area contributed by atoms with Crippen LogP contribution in [0.3, 0.4) is 0 Å². The number of carbonyl (C=O) groups excluding carboxylic acids is 2. The fourth-order valence-corrected chi connectivity index (χ4v) is 4.41. The van der Waals surface area contributed by atoms with Crippen LogP contribution in [0.1, 0.15) is 51.4 Å². The van der Waals surface area contributed by atoms with Crippen molar-refractivity contribution in [2.75, 3.05) is 13.2 Å². The molecule has 20 heavy (non-hydrogen) atoms. The molecule has 2 saturated carbocycles. The van der Waals surface area contributed by atoms with E-state index in [9.17, 15) is 14.7 Å². The van der Waals surface area contributed by atoms with Gasteiger partial charge < -0.3 is 5.11 Å². The third kappa shape index (κ3) is 2.39. The van der Waals surface area contributed by atoms with Gasteiger partial charge in [-0.3, -0.25) is 14.5 Å². The van der Waals surface area contributed by atoms with Gasteiger partial charge in [-0.25, -0.2) is 0 Å². The largest absolute Gasteiger partial charge is 0.396 e. The van der Waals surface area contributed by atoms with Gasteiger partial charge in [0.05, 0.1) is 11.8 Å². The summed E-state index contributed by atoms with van der Waals surface area (Å²) in [6.07, 6.45) is 8.33. The Morgan fingerprint density at radius 2 is 1.35 bits per heavy atom. The van der Waals surface area contributed by atoms with E-state index in [1.165, 1.54) is 0 Å². The Bertz CT molecular complexity index is 371. The minimum atomic E-state index is -0.0348. The van der Waals surface area contributed by atoms with E-state index in [0.717, 1.165) is 51.4 Å². The lowest BCUT2D eigenvalue weighted by Gasteiger charge is -2.32. The molecule has 0 aromatic rings. The maximum atomic E-state index is 12.5. The van der Waals surface area contributed by atoms with E-state index in [0.29, 0.717) is 12.5 Å². The maximum absolute atomic E-state index is 12.5. The molecule has 1 aliphatic heterocycles. The highest BCUT2D eigenvalue weighted by atomic mass is 16.3. The zero-order chi connectivity index (χ0) is 14.1. The predicted molar refractivity (Wildman–Crippen MR) is 74.7 cm³/mol. The van der Waals surface area contributed by atoms with Gasteiger partial charge >= 0.3 is 0 Å². The van der Waals surface area contributed by atoms with Crippen molar-refractivity contribution in [2.24, 2.45) is 23.7 Å². The molecule has 1 saturated heterocycles. The van der Waals surface area contributed by atoms with Crippen LogP contribution >= 0.6 is 0 Å². The number of fused-ring (bicyclic) bond motifs is 1. The number of likely N-dealkylation sites (tertiary alicyclic amines) is 1. The van der Waals surface area contributed by atoms with Gasteiger partial charge in [-0.15, -0.1) is 0 Å². The molecule has 0 bridgehead atoms. The van der Waals surface area contributed by atoms with Crippen molar-refractivity contribution in [1.29, 1.82) is 0 Å². The number of hydrogen-bond donors (Lipinski definition) is 1. The molecule has 4 heteroatoms. The number of hydrogen-bond acceptors (Lipinski definition) is 3. The van der Waals surface area contributed by atoms with Crippen molar-refractivity contribution in [3.05, 3.63) is 0 Å². The first-order valence-corrected chi connectivity index (χ1v) is 8.18. The number of carbonyl (C=O) groups is 2. The molecule has 0 aromatic carbocycles. The van der Waals surface area contributed by atoms with Crippen LogP contribution < -0.4 is 0 Å². The average molecular weight is 279 g/mol. The number of rotatable bonds is 3. The molecule has 4 atom stereocenters. The summed E-state index contributed by atoms with van der Waals surface area (Å²) in [5.41, 5.74) is 0. The lowest BCUT2D eigenvalue weighted by atomic mass is 9.79. The van der Waals surface area contributed by atoms with Crippen molar-refractivity contribution in [1.82, 2.24) is 4.90 Å². The number of amides is 2. The van der Waals surface area contributed by atoms with Gasteiger partial charge in [0.1, 0.15) is 0 Å². The summed E-state index contributed by atoms with van der Waals surface area (Å²) < 4.78 is 0. The second kappa shape index (κ2) is 5.84. The molecular weight excluding hydrogens is 254 g/mol. The van der Waals surface area contributed by atoms with E-state index in [2.05, 4.69) is 0 Å². The van der Waals surface area contributed by atoms with Crippen LogP contribution in [0.2, 0.25) is 0 Å². The Balaban J connectivity index is 1.70. The fourth-order valence-electron chi connectivity index (χ4n) is 4.41. The van der Waals surface area contributed by atoms with Crippen LogP contribution in [0.5, 0.6) is 0 Å². The second-order valence-corrected chi connectivity index (χ2v) is 6.77. The molecule has 112 valence electrons. The quantitative estimate of drug-likeness (QED) is 0.803. The van der Waals surface area contributed by atoms with Crippen molar-refractivity contribution in [3.8, 4) is 0 Å².